The number of carbonyl (C=O) groups excluding carboxylic acids is 1. The molecule has 1 saturated heterocycles. The summed E-state index contributed by atoms with van der Waals surface area (Å²) in [6.07, 6.45) is -0.232. The molecule has 3 rings (SSSR count). The number of amides is 1. The largest absolute Gasteiger partial charge is 0.397 e. The number of thiophene rings is 1. The molecular formula is C15H15FN2O2S. The molecule has 1 amide bonds. The summed E-state index contributed by atoms with van der Waals surface area (Å²) in [6, 6.07) is 7.91. The van der Waals surface area contributed by atoms with Gasteiger partial charge < -0.3 is 15.4 Å². The van der Waals surface area contributed by atoms with E-state index in [1.54, 1.807) is 28.5 Å². The number of morpholine rings is 1. The lowest BCUT2D eigenvalue weighted by Gasteiger charge is -2.33. The van der Waals surface area contributed by atoms with Gasteiger partial charge in [-0.3, -0.25) is 4.79 Å². The lowest BCUT2D eigenvalue weighted by atomic mass is 10.1. The molecule has 2 heterocycles. The molecule has 0 saturated carbocycles. The van der Waals surface area contributed by atoms with Crippen LogP contribution in [-0.2, 0) is 4.74 Å². The number of hydrogen-bond donors (Lipinski definition) is 1. The zero-order chi connectivity index (χ0) is 14.8. The quantitative estimate of drug-likeness (QED) is 0.928. The first-order chi connectivity index (χ1) is 10.1. The third kappa shape index (κ3) is 2.91. The van der Waals surface area contributed by atoms with Crippen LogP contribution in [0.15, 0.2) is 35.7 Å². The smallest absolute Gasteiger partial charge is 0.266 e. The maximum atomic E-state index is 13.0. The van der Waals surface area contributed by atoms with Crippen molar-refractivity contribution in [2.75, 3.05) is 25.4 Å². The predicted octanol–water partition coefficient (Wildman–Crippen LogP) is 2.68. The molecule has 1 aromatic heterocycles. The predicted molar refractivity (Wildman–Crippen MR) is 79.7 cm³/mol. The average molecular weight is 306 g/mol. The number of carbonyl (C=O) groups is 1. The van der Waals surface area contributed by atoms with Crippen LogP contribution in [0.4, 0.5) is 10.1 Å². The molecule has 1 aliphatic rings. The Hall–Kier alpha value is -1.92. The number of nitrogens with two attached hydrogens (primary N) is 1. The van der Waals surface area contributed by atoms with Crippen molar-refractivity contribution in [3.8, 4) is 0 Å². The normalized spacial score (nSPS) is 18.7. The molecule has 1 aromatic carbocycles. The van der Waals surface area contributed by atoms with Crippen molar-refractivity contribution in [2.24, 2.45) is 0 Å². The van der Waals surface area contributed by atoms with Crippen molar-refractivity contribution in [1.29, 1.82) is 0 Å². The molecule has 1 fully saturated rings. The maximum absolute atomic E-state index is 13.0. The number of anilines is 1. The molecule has 6 heteroatoms. The molecule has 0 radical (unpaired) electrons. The van der Waals surface area contributed by atoms with Gasteiger partial charge in [0.25, 0.3) is 5.91 Å². The summed E-state index contributed by atoms with van der Waals surface area (Å²) >= 11 is 1.34. The van der Waals surface area contributed by atoms with Crippen molar-refractivity contribution >= 4 is 22.9 Å². The lowest BCUT2D eigenvalue weighted by molar-refractivity contribution is -0.0226. The van der Waals surface area contributed by atoms with Crippen molar-refractivity contribution in [2.45, 2.75) is 6.10 Å². The van der Waals surface area contributed by atoms with Crippen molar-refractivity contribution in [3.63, 3.8) is 0 Å². The minimum atomic E-state index is -0.283. The Balaban J connectivity index is 1.75. The second-order valence-electron chi connectivity index (χ2n) is 4.87. The summed E-state index contributed by atoms with van der Waals surface area (Å²) in [6.45, 7) is 1.44. The van der Waals surface area contributed by atoms with Crippen LogP contribution in [0.25, 0.3) is 0 Å². The first-order valence-electron chi connectivity index (χ1n) is 6.64. The van der Waals surface area contributed by atoms with E-state index in [9.17, 15) is 9.18 Å². The van der Waals surface area contributed by atoms with Gasteiger partial charge in [-0.1, -0.05) is 12.1 Å². The first-order valence-corrected chi connectivity index (χ1v) is 7.52. The minimum Gasteiger partial charge on any atom is -0.397 e. The third-order valence-electron chi connectivity index (χ3n) is 3.49. The van der Waals surface area contributed by atoms with Gasteiger partial charge in [-0.05, 0) is 29.1 Å². The second kappa shape index (κ2) is 5.83. The number of benzene rings is 1. The second-order valence-corrected chi connectivity index (χ2v) is 5.78. The molecule has 1 atom stereocenters. The van der Waals surface area contributed by atoms with Gasteiger partial charge in [0.05, 0.1) is 18.8 Å². The van der Waals surface area contributed by atoms with E-state index in [0.29, 0.717) is 30.3 Å². The highest BCUT2D eigenvalue weighted by Crippen LogP contribution is 2.26. The molecule has 1 aliphatic heterocycles. The molecule has 0 bridgehead atoms. The summed E-state index contributed by atoms with van der Waals surface area (Å²) in [5.41, 5.74) is 7.18. The number of nitrogen functional groups attached to an aromatic ring is 1. The van der Waals surface area contributed by atoms with E-state index < -0.39 is 0 Å². The third-order valence-corrected chi connectivity index (χ3v) is 4.40. The Morgan fingerprint density at radius 2 is 2.10 bits per heavy atom. The van der Waals surface area contributed by atoms with Gasteiger partial charge in [-0.25, -0.2) is 4.39 Å². The van der Waals surface area contributed by atoms with E-state index >= 15 is 0 Å². The molecule has 0 spiro atoms. The lowest BCUT2D eigenvalue weighted by Crippen LogP contribution is -2.42. The minimum absolute atomic E-state index is 0.0714. The van der Waals surface area contributed by atoms with Crippen molar-refractivity contribution < 1.29 is 13.9 Å². The fourth-order valence-electron chi connectivity index (χ4n) is 2.35. The molecule has 2 N–H and O–H groups in total. The molecule has 110 valence electrons. The number of hydrogen-bond acceptors (Lipinski definition) is 4. The molecular weight excluding hydrogens is 291 g/mol. The van der Waals surface area contributed by atoms with Crippen LogP contribution in [0.2, 0.25) is 0 Å². The zero-order valence-electron chi connectivity index (χ0n) is 11.3. The zero-order valence-corrected chi connectivity index (χ0v) is 12.1. The fourth-order valence-corrected chi connectivity index (χ4v) is 3.13. The van der Waals surface area contributed by atoms with Gasteiger partial charge in [-0.2, -0.15) is 0 Å². The summed E-state index contributed by atoms with van der Waals surface area (Å²) in [4.78, 5) is 14.8. The standard InChI is InChI=1S/C15H15FN2O2S/c16-11-3-1-10(2-4-11)13-9-18(6-7-20-13)15(19)14-12(17)5-8-21-14/h1-5,8,13H,6-7,9,17H2. The number of rotatable bonds is 2. The van der Waals surface area contributed by atoms with Gasteiger partial charge in [-0.15, -0.1) is 11.3 Å². The van der Waals surface area contributed by atoms with Gasteiger partial charge in [0.15, 0.2) is 0 Å². The van der Waals surface area contributed by atoms with E-state index in [-0.39, 0.29) is 17.8 Å². The SMILES string of the molecule is Nc1ccsc1C(=O)N1CCOC(c2ccc(F)cc2)C1. The maximum Gasteiger partial charge on any atom is 0.266 e. The average Bonchev–Trinajstić information content (AvgIpc) is 2.93. The van der Waals surface area contributed by atoms with E-state index in [2.05, 4.69) is 0 Å². The first kappa shape index (κ1) is 14.0. The number of ether oxygens (including phenoxy) is 1. The van der Waals surface area contributed by atoms with Gasteiger partial charge >= 0.3 is 0 Å². The van der Waals surface area contributed by atoms with Crippen LogP contribution in [0.5, 0.6) is 0 Å². The summed E-state index contributed by atoms with van der Waals surface area (Å²) in [5, 5.41) is 1.81. The molecule has 0 aliphatic carbocycles. The van der Waals surface area contributed by atoms with Crippen LogP contribution in [0.3, 0.4) is 0 Å². The topological polar surface area (TPSA) is 55.6 Å². The van der Waals surface area contributed by atoms with Gasteiger partial charge in [0.2, 0.25) is 0 Å². The van der Waals surface area contributed by atoms with Crippen LogP contribution >= 0.6 is 11.3 Å². The highest BCUT2D eigenvalue weighted by Gasteiger charge is 2.27. The van der Waals surface area contributed by atoms with Crippen LogP contribution in [0, 0.1) is 5.82 Å². The highest BCUT2D eigenvalue weighted by atomic mass is 32.1. The van der Waals surface area contributed by atoms with E-state index in [0.717, 1.165) is 5.56 Å². The van der Waals surface area contributed by atoms with E-state index in [4.69, 9.17) is 10.5 Å². The Morgan fingerprint density at radius 3 is 2.76 bits per heavy atom. The number of nitrogens with zero attached hydrogens (tertiary/aromatic N) is 1. The molecule has 2 aromatic rings. The van der Waals surface area contributed by atoms with Crippen molar-refractivity contribution in [3.05, 3.63) is 52.0 Å². The van der Waals surface area contributed by atoms with Gasteiger partial charge in [0.1, 0.15) is 16.8 Å². The summed E-state index contributed by atoms with van der Waals surface area (Å²) < 4.78 is 18.7. The fraction of sp³-hybridized carbons (Fsp3) is 0.267. The molecule has 21 heavy (non-hydrogen) atoms. The van der Waals surface area contributed by atoms with Gasteiger partial charge in [0, 0.05) is 6.54 Å². The Bertz CT molecular complexity index is 641. The molecule has 4 nitrogen and oxygen atoms in total. The van der Waals surface area contributed by atoms with Crippen molar-refractivity contribution in [1.82, 2.24) is 4.90 Å². The Kier molecular flexibility index (Phi) is 3.90. The Morgan fingerprint density at radius 1 is 1.33 bits per heavy atom. The van der Waals surface area contributed by atoms with E-state index in [1.807, 2.05) is 0 Å². The summed E-state index contributed by atoms with van der Waals surface area (Å²) in [5.74, 6) is -0.355. The monoisotopic (exact) mass is 306 g/mol. The highest BCUT2D eigenvalue weighted by molar-refractivity contribution is 7.12. The van der Waals surface area contributed by atoms with Crippen LogP contribution < -0.4 is 5.73 Å². The Labute approximate surface area is 125 Å². The molecule has 1 unspecified atom stereocenters. The van der Waals surface area contributed by atoms with E-state index in [1.165, 1.54) is 23.5 Å². The van der Waals surface area contributed by atoms with Crippen LogP contribution in [-0.4, -0.2) is 30.5 Å². The van der Waals surface area contributed by atoms with Crippen LogP contribution in [0.1, 0.15) is 21.3 Å². The summed E-state index contributed by atoms with van der Waals surface area (Å²) in [7, 11) is 0. The number of halogens is 1.